The van der Waals surface area contributed by atoms with Crippen molar-refractivity contribution in [2.24, 2.45) is 0 Å². The van der Waals surface area contributed by atoms with Gasteiger partial charge in [0.1, 0.15) is 5.82 Å². The molecule has 0 amide bonds. The van der Waals surface area contributed by atoms with Gasteiger partial charge in [-0.3, -0.25) is 0 Å². The van der Waals surface area contributed by atoms with Gasteiger partial charge in [-0.2, -0.15) is 0 Å². The fourth-order valence-corrected chi connectivity index (χ4v) is 4.69. The van der Waals surface area contributed by atoms with Crippen molar-refractivity contribution >= 4 is 22.9 Å². The zero-order valence-electron chi connectivity index (χ0n) is 12.5. The van der Waals surface area contributed by atoms with Crippen LogP contribution >= 0.6 is 22.9 Å². The van der Waals surface area contributed by atoms with Crippen molar-refractivity contribution in [2.75, 3.05) is 0 Å². The van der Waals surface area contributed by atoms with Crippen LogP contribution in [0.2, 0.25) is 0 Å². The molecular formula is C18H20ClFS. The number of thiophene rings is 1. The molecule has 0 saturated heterocycles. The quantitative estimate of drug-likeness (QED) is 0.463. The Morgan fingerprint density at radius 2 is 1.71 bits per heavy atom. The molecule has 2 aromatic rings. The molecule has 3 heteroatoms. The van der Waals surface area contributed by atoms with Crippen LogP contribution < -0.4 is 0 Å². The zero-order valence-corrected chi connectivity index (χ0v) is 14.1. The van der Waals surface area contributed by atoms with E-state index >= 15 is 0 Å². The maximum Gasteiger partial charge on any atom is 0.129 e. The van der Waals surface area contributed by atoms with Crippen molar-refractivity contribution in [1.82, 2.24) is 0 Å². The predicted molar refractivity (Wildman–Crippen MR) is 89.1 cm³/mol. The number of rotatable bonds is 2. The molecular weight excluding hydrogens is 303 g/mol. The lowest BCUT2D eigenvalue weighted by atomic mass is 10.0. The number of alkyl halides is 1. The molecule has 112 valence electrons. The first-order valence-electron chi connectivity index (χ1n) is 7.58. The van der Waals surface area contributed by atoms with E-state index in [1.165, 1.54) is 47.4 Å². The van der Waals surface area contributed by atoms with Crippen LogP contribution in [0.4, 0.5) is 4.39 Å². The Morgan fingerprint density at radius 1 is 1.05 bits per heavy atom. The summed E-state index contributed by atoms with van der Waals surface area (Å²) in [6.07, 6.45) is 6.26. The minimum absolute atomic E-state index is 0.121. The average molecular weight is 323 g/mol. The highest BCUT2D eigenvalue weighted by Crippen LogP contribution is 2.38. The van der Waals surface area contributed by atoms with Gasteiger partial charge in [0.25, 0.3) is 0 Å². The Balaban J connectivity index is 1.93. The third kappa shape index (κ3) is 3.02. The lowest BCUT2D eigenvalue weighted by Crippen LogP contribution is -1.96. The molecule has 0 fully saturated rings. The summed E-state index contributed by atoms with van der Waals surface area (Å²) in [5, 5.41) is -0.167. The molecule has 1 aromatic heterocycles. The monoisotopic (exact) mass is 322 g/mol. The summed E-state index contributed by atoms with van der Waals surface area (Å²) in [5.74, 6) is -0.121. The lowest BCUT2D eigenvalue weighted by molar-refractivity contribution is 0.608. The molecule has 1 heterocycles. The first-order chi connectivity index (χ1) is 10.1. The van der Waals surface area contributed by atoms with Gasteiger partial charge in [0.05, 0.1) is 5.38 Å². The predicted octanol–water partition coefficient (Wildman–Crippen LogP) is 6.10. The van der Waals surface area contributed by atoms with E-state index in [1.54, 1.807) is 13.8 Å². The van der Waals surface area contributed by atoms with E-state index in [2.05, 4.69) is 6.07 Å². The normalized spacial score (nSPS) is 16.4. The molecule has 21 heavy (non-hydrogen) atoms. The second-order valence-electron chi connectivity index (χ2n) is 5.99. The molecule has 1 aliphatic rings. The molecule has 0 N–H and O–H groups in total. The van der Waals surface area contributed by atoms with Gasteiger partial charge in [-0.05, 0) is 67.9 Å². The first kappa shape index (κ1) is 15.1. The lowest BCUT2D eigenvalue weighted by Gasteiger charge is -2.11. The topological polar surface area (TPSA) is 0 Å². The molecule has 0 saturated carbocycles. The minimum atomic E-state index is -0.167. The molecule has 0 nitrogen and oxygen atoms in total. The molecule has 0 spiro atoms. The number of fused-ring (bicyclic) bond motifs is 1. The van der Waals surface area contributed by atoms with E-state index in [1.807, 2.05) is 23.5 Å². The van der Waals surface area contributed by atoms with Crippen molar-refractivity contribution in [3.63, 3.8) is 0 Å². The van der Waals surface area contributed by atoms with E-state index in [0.29, 0.717) is 11.1 Å². The van der Waals surface area contributed by atoms with Crippen LogP contribution in [0.3, 0.4) is 0 Å². The van der Waals surface area contributed by atoms with Crippen LogP contribution in [0.15, 0.2) is 18.2 Å². The average Bonchev–Trinajstić information content (AvgIpc) is 2.74. The highest BCUT2D eigenvalue weighted by Gasteiger charge is 2.19. The molecule has 1 aliphatic carbocycles. The summed E-state index contributed by atoms with van der Waals surface area (Å²) in [5.41, 5.74) is 3.83. The number of benzene rings is 1. The highest BCUT2D eigenvalue weighted by molar-refractivity contribution is 7.12. The third-order valence-electron chi connectivity index (χ3n) is 4.27. The molecule has 0 aliphatic heterocycles. The SMILES string of the molecule is Cc1cc(C(Cl)c2cc3c(s2)CCCCC3)cc(C)c1F. The van der Waals surface area contributed by atoms with Gasteiger partial charge in [-0.15, -0.1) is 22.9 Å². The number of halogens is 2. The van der Waals surface area contributed by atoms with Crippen LogP contribution in [0.25, 0.3) is 0 Å². The Labute approximate surface area is 135 Å². The van der Waals surface area contributed by atoms with Crippen LogP contribution in [-0.4, -0.2) is 0 Å². The fraction of sp³-hybridized carbons (Fsp3) is 0.444. The van der Waals surface area contributed by atoms with Crippen molar-refractivity contribution in [2.45, 2.75) is 51.3 Å². The standard InChI is InChI=1S/C18H20ClFS/c1-11-8-14(9-12(2)18(11)20)17(19)16-10-13-6-4-3-5-7-15(13)21-16/h8-10,17H,3-7H2,1-2H3. The number of aryl methyl sites for hydroxylation is 4. The molecule has 1 atom stereocenters. The van der Waals surface area contributed by atoms with Crippen molar-refractivity contribution in [3.8, 4) is 0 Å². The van der Waals surface area contributed by atoms with Crippen molar-refractivity contribution in [1.29, 1.82) is 0 Å². The van der Waals surface area contributed by atoms with Gasteiger partial charge in [0, 0.05) is 9.75 Å². The molecule has 1 unspecified atom stereocenters. The van der Waals surface area contributed by atoms with Gasteiger partial charge in [0.2, 0.25) is 0 Å². The molecule has 1 aromatic carbocycles. The van der Waals surface area contributed by atoms with Crippen LogP contribution in [0.1, 0.15) is 56.6 Å². The molecule has 0 bridgehead atoms. The fourth-order valence-electron chi connectivity index (χ4n) is 3.11. The summed E-state index contributed by atoms with van der Waals surface area (Å²) in [6.45, 7) is 3.61. The first-order valence-corrected chi connectivity index (χ1v) is 8.83. The Bertz CT molecular complexity index is 613. The highest BCUT2D eigenvalue weighted by atomic mass is 35.5. The van der Waals surface area contributed by atoms with Crippen molar-refractivity contribution in [3.05, 3.63) is 56.0 Å². The van der Waals surface area contributed by atoms with Crippen LogP contribution in [-0.2, 0) is 12.8 Å². The van der Waals surface area contributed by atoms with Gasteiger partial charge < -0.3 is 0 Å². The molecule has 0 radical (unpaired) electrons. The number of hydrogen-bond acceptors (Lipinski definition) is 1. The third-order valence-corrected chi connectivity index (χ3v) is 6.19. The summed E-state index contributed by atoms with van der Waals surface area (Å²) in [7, 11) is 0. The van der Waals surface area contributed by atoms with Crippen LogP contribution in [0.5, 0.6) is 0 Å². The van der Waals surface area contributed by atoms with Gasteiger partial charge in [-0.1, -0.05) is 18.6 Å². The van der Waals surface area contributed by atoms with Crippen LogP contribution in [0, 0.1) is 19.7 Å². The van der Waals surface area contributed by atoms with E-state index < -0.39 is 0 Å². The summed E-state index contributed by atoms with van der Waals surface area (Å²) in [6, 6.07) is 6.03. The van der Waals surface area contributed by atoms with Crippen molar-refractivity contribution < 1.29 is 4.39 Å². The second-order valence-corrected chi connectivity index (χ2v) is 7.59. The molecule has 3 rings (SSSR count). The summed E-state index contributed by atoms with van der Waals surface area (Å²) >= 11 is 8.52. The maximum atomic E-state index is 13.8. The summed E-state index contributed by atoms with van der Waals surface area (Å²) in [4.78, 5) is 2.71. The van der Waals surface area contributed by atoms with Gasteiger partial charge in [0.15, 0.2) is 0 Å². The second kappa shape index (κ2) is 6.10. The Kier molecular flexibility index (Phi) is 4.37. The van der Waals surface area contributed by atoms with Gasteiger partial charge >= 0.3 is 0 Å². The van der Waals surface area contributed by atoms with E-state index in [-0.39, 0.29) is 11.2 Å². The van der Waals surface area contributed by atoms with E-state index in [9.17, 15) is 4.39 Å². The largest absolute Gasteiger partial charge is 0.206 e. The van der Waals surface area contributed by atoms with Gasteiger partial charge in [-0.25, -0.2) is 4.39 Å². The number of hydrogen-bond donors (Lipinski definition) is 0. The smallest absolute Gasteiger partial charge is 0.129 e. The Morgan fingerprint density at radius 3 is 2.43 bits per heavy atom. The Hall–Kier alpha value is -0.860. The van der Waals surface area contributed by atoms with E-state index in [4.69, 9.17) is 11.6 Å². The zero-order chi connectivity index (χ0) is 15.0. The maximum absolute atomic E-state index is 13.8. The van der Waals surface area contributed by atoms with E-state index in [0.717, 1.165) is 5.56 Å². The summed E-state index contributed by atoms with van der Waals surface area (Å²) < 4.78 is 13.8. The minimum Gasteiger partial charge on any atom is -0.206 e.